The number of aromatic nitrogens is 2. The summed E-state index contributed by atoms with van der Waals surface area (Å²) in [5.74, 6) is 0. The van der Waals surface area contributed by atoms with Crippen molar-refractivity contribution in [1.82, 2.24) is 9.97 Å². The zero-order valence-corrected chi connectivity index (χ0v) is 27.4. The zero-order valence-electron chi connectivity index (χ0n) is 27.4. The minimum Gasteiger partial charge on any atom is -0.264 e. The van der Waals surface area contributed by atoms with Crippen LogP contribution in [0.25, 0.3) is 88.3 Å². The lowest BCUT2D eigenvalue weighted by Crippen LogP contribution is -1.93. The summed E-state index contributed by atoms with van der Waals surface area (Å²) >= 11 is 0. The van der Waals surface area contributed by atoms with Crippen molar-refractivity contribution < 1.29 is 0 Å². The van der Waals surface area contributed by atoms with E-state index in [-0.39, 0.29) is 0 Å². The third-order valence-corrected chi connectivity index (χ3v) is 9.64. The van der Waals surface area contributed by atoms with Gasteiger partial charge in [0, 0.05) is 35.9 Å². The molecule has 7 aromatic carbocycles. The quantitative estimate of drug-likeness (QED) is 0.170. The topological polar surface area (TPSA) is 25.8 Å². The SMILES string of the molecule is c1ccc(-c2ccccc2-c2ccc3c(-c4cccc(-c5cccnc5)c4)c4ccccc4c(-c4cccc(-c5cccnc5)c4)c3c2)cc1. The van der Waals surface area contributed by atoms with Gasteiger partial charge in [-0.25, -0.2) is 0 Å². The Morgan fingerprint density at radius 2 is 0.720 bits per heavy atom. The van der Waals surface area contributed by atoms with Gasteiger partial charge in [-0.05, 0) is 108 Å². The molecule has 9 rings (SSSR count). The lowest BCUT2D eigenvalue weighted by molar-refractivity contribution is 1.33. The molecule has 2 aromatic heterocycles. The molecular formula is C48H32N2. The standard InChI is InChI=1S/C48H32N2/c1-2-12-33(13-3-1)41-20-4-5-21-42(41)36-24-25-45-46(30-36)48(38-17-9-15-35(29-38)40-19-11-27-50-32-40)44-23-7-6-22-43(44)47(45)37-16-8-14-34(28-37)39-18-10-26-49-31-39/h1-32H. The molecular weight excluding hydrogens is 605 g/mol. The first-order valence-corrected chi connectivity index (χ1v) is 17.0. The van der Waals surface area contributed by atoms with Crippen LogP contribution < -0.4 is 0 Å². The molecule has 50 heavy (non-hydrogen) atoms. The van der Waals surface area contributed by atoms with Crippen molar-refractivity contribution in [1.29, 1.82) is 0 Å². The monoisotopic (exact) mass is 636 g/mol. The second-order valence-corrected chi connectivity index (χ2v) is 12.6. The maximum atomic E-state index is 4.41. The van der Waals surface area contributed by atoms with Gasteiger partial charge < -0.3 is 0 Å². The van der Waals surface area contributed by atoms with Gasteiger partial charge in [-0.2, -0.15) is 0 Å². The van der Waals surface area contributed by atoms with Crippen molar-refractivity contribution in [2.75, 3.05) is 0 Å². The van der Waals surface area contributed by atoms with E-state index < -0.39 is 0 Å². The van der Waals surface area contributed by atoms with E-state index in [9.17, 15) is 0 Å². The number of hydrogen-bond acceptors (Lipinski definition) is 2. The summed E-state index contributed by atoms with van der Waals surface area (Å²) < 4.78 is 0. The molecule has 0 spiro atoms. The van der Waals surface area contributed by atoms with Crippen LogP contribution in [0.3, 0.4) is 0 Å². The fourth-order valence-corrected chi connectivity index (χ4v) is 7.35. The van der Waals surface area contributed by atoms with Gasteiger partial charge in [-0.3, -0.25) is 9.97 Å². The highest BCUT2D eigenvalue weighted by Gasteiger charge is 2.19. The van der Waals surface area contributed by atoms with Crippen molar-refractivity contribution in [3.8, 4) is 66.8 Å². The Bertz CT molecular complexity index is 2630. The van der Waals surface area contributed by atoms with Crippen LogP contribution in [0.4, 0.5) is 0 Å². The summed E-state index contributed by atoms with van der Waals surface area (Å²) in [6, 6.07) is 61.3. The van der Waals surface area contributed by atoms with E-state index >= 15 is 0 Å². The lowest BCUT2D eigenvalue weighted by atomic mass is 9.83. The second kappa shape index (κ2) is 12.8. The first kappa shape index (κ1) is 29.5. The Balaban J connectivity index is 1.35. The largest absolute Gasteiger partial charge is 0.264 e. The number of rotatable bonds is 6. The highest BCUT2D eigenvalue weighted by molar-refractivity contribution is 6.22. The van der Waals surface area contributed by atoms with Crippen LogP contribution in [0.15, 0.2) is 195 Å². The summed E-state index contributed by atoms with van der Waals surface area (Å²) in [6.07, 6.45) is 7.52. The van der Waals surface area contributed by atoms with E-state index in [1.54, 1.807) is 0 Å². The minimum absolute atomic E-state index is 1.10. The maximum absolute atomic E-state index is 4.41. The predicted octanol–water partition coefficient (Wildman–Crippen LogP) is 12.8. The van der Waals surface area contributed by atoms with Crippen molar-refractivity contribution in [2.24, 2.45) is 0 Å². The normalized spacial score (nSPS) is 11.2. The summed E-state index contributed by atoms with van der Waals surface area (Å²) in [7, 11) is 0. The van der Waals surface area contributed by atoms with Crippen LogP contribution in [0.5, 0.6) is 0 Å². The first-order valence-electron chi connectivity index (χ1n) is 17.0. The minimum atomic E-state index is 1.10. The molecule has 0 radical (unpaired) electrons. The average molecular weight is 637 g/mol. The van der Waals surface area contributed by atoms with E-state index in [2.05, 4.69) is 168 Å². The Morgan fingerprint density at radius 3 is 1.30 bits per heavy atom. The van der Waals surface area contributed by atoms with E-state index in [4.69, 9.17) is 0 Å². The van der Waals surface area contributed by atoms with E-state index in [0.717, 1.165) is 22.3 Å². The smallest absolute Gasteiger partial charge is 0.0346 e. The molecule has 0 atom stereocenters. The summed E-state index contributed by atoms with van der Waals surface area (Å²) in [5, 5.41) is 4.88. The Labute approximate surface area is 292 Å². The molecule has 0 saturated carbocycles. The summed E-state index contributed by atoms with van der Waals surface area (Å²) in [5.41, 5.74) is 14.1. The molecule has 2 heteroatoms. The van der Waals surface area contributed by atoms with Gasteiger partial charge in [0.15, 0.2) is 0 Å². The molecule has 0 fully saturated rings. The van der Waals surface area contributed by atoms with Crippen LogP contribution in [-0.4, -0.2) is 9.97 Å². The zero-order chi connectivity index (χ0) is 33.3. The van der Waals surface area contributed by atoms with E-state index in [0.29, 0.717) is 0 Å². The predicted molar refractivity (Wildman–Crippen MR) is 210 cm³/mol. The molecule has 0 saturated heterocycles. The van der Waals surface area contributed by atoms with Gasteiger partial charge in [0.1, 0.15) is 0 Å². The number of nitrogens with zero attached hydrogens (tertiary/aromatic N) is 2. The third-order valence-electron chi connectivity index (χ3n) is 9.64. The molecule has 2 nitrogen and oxygen atoms in total. The van der Waals surface area contributed by atoms with Crippen LogP contribution >= 0.6 is 0 Å². The maximum Gasteiger partial charge on any atom is 0.0346 e. The highest BCUT2D eigenvalue weighted by Crippen LogP contribution is 2.46. The molecule has 0 aliphatic carbocycles. The van der Waals surface area contributed by atoms with Crippen molar-refractivity contribution in [3.05, 3.63) is 195 Å². The Kier molecular flexibility index (Phi) is 7.53. The number of pyridine rings is 2. The molecule has 9 aromatic rings. The molecule has 0 amide bonds. The number of benzene rings is 7. The number of hydrogen-bond donors (Lipinski definition) is 0. The average Bonchev–Trinajstić information content (AvgIpc) is 3.21. The molecule has 0 N–H and O–H groups in total. The van der Waals surface area contributed by atoms with Crippen LogP contribution in [0.2, 0.25) is 0 Å². The van der Waals surface area contributed by atoms with Gasteiger partial charge in [0.25, 0.3) is 0 Å². The van der Waals surface area contributed by atoms with Gasteiger partial charge in [0.2, 0.25) is 0 Å². The van der Waals surface area contributed by atoms with E-state index in [1.165, 1.54) is 66.1 Å². The molecule has 0 aliphatic heterocycles. The number of fused-ring (bicyclic) bond motifs is 2. The van der Waals surface area contributed by atoms with E-state index in [1.807, 2.05) is 36.9 Å². The van der Waals surface area contributed by atoms with Crippen LogP contribution in [0, 0.1) is 0 Å². The second-order valence-electron chi connectivity index (χ2n) is 12.6. The lowest BCUT2D eigenvalue weighted by Gasteiger charge is -2.20. The Morgan fingerprint density at radius 1 is 0.260 bits per heavy atom. The van der Waals surface area contributed by atoms with Crippen molar-refractivity contribution in [3.63, 3.8) is 0 Å². The molecule has 0 unspecified atom stereocenters. The fourth-order valence-electron chi connectivity index (χ4n) is 7.35. The summed E-state index contributed by atoms with van der Waals surface area (Å²) in [6.45, 7) is 0. The molecule has 0 bridgehead atoms. The van der Waals surface area contributed by atoms with Crippen molar-refractivity contribution >= 4 is 21.5 Å². The van der Waals surface area contributed by atoms with Crippen LogP contribution in [-0.2, 0) is 0 Å². The molecule has 234 valence electrons. The first-order chi connectivity index (χ1) is 24.8. The molecule has 0 aliphatic rings. The third kappa shape index (κ3) is 5.34. The van der Waals surface area contributed by atoms with Gasteiger partial charge in [-0.15, -0.1) is 0 Å². The van der Waals surface area contributed by atoms with Crippen molar-refractivity contribution in [2.45, 2.75) is 0 Å². The fraction of sp³-hybridized carbons (Fsp3) is 0. The highest BCUT2D eigenvalue weighted by atomic mass is 14.6. The van der Waals surface area contributed by atoms with Crippen LogP contribution in [0.1, 0.15) is 0 Å². The van der Waals surface area contributed by atoms with Gasteiger partial charge in [0.05, 0.1) is 0 Å². The Hall–Kier alpha value is -6.64. The molecule has 2 heterocycles. The summed E-state index contributed by atoms with van der Waals surface area (Å²) in [4.78, 5) is 8.81. The van der Waals surface area contributed by atoms with Gasteiger partial charge >= 0.3 is 0 Å². The van der Waals surface area contributed by atoms with Gasteiger partial charge in [-0.1, -0.05) is 140 Å².